The molecule has 0 radical (unpaired) electrons. The topological polar surface area (TPSA) is 38.7 Å². The Morgan fingerprint density at radius 2 is 0.950 bits per heavy atom. The van der Waals surface area contributed by atoms with E-state index in [-0.39, 0.29) is 0 Å². The van der Waals surface area contributed by atoms with Crippen molar-refractivity contribution < 1.29 is 0 Å². The van der Waals surface area contributed by atoms with Gasteiger partial charge in [-0.1, -0.05) is 78.9 Å². The first-order valence-electron chi connectivity index (χ1n) is 13.4. The molecule has 0 aliphatic rings. The average molecular weight is 510 g/mol. The van der Waals surface area contributed by atoms with Crippen molar-refractivity contribution in [2.24, 2.45) is 0 Å². The molecule has 3 nitrogen and oxygen atoms in total. The smallest absolute Gasteiger partial charge is 0.0786 e. The lowest BCUT2D eigenvalue weighted by atomic mass is 9.86. The van der Waals surface area contributed by atoms with Crippen LogP contribution in [0.4, 0.5) is 0 Å². The van der Waals surface area contributed by atoms with E-state index in [9.17, 15) is 0 Å². The Kier molecular flexibility index (Phi) is 5.14. The second-order valence-corrected chi connectivity index (χ2v) is 10.0. The van der Waals surface area contributed by atoms with Crippen LogP contribution in [0, 0.1) is 0 Å². The first-order chi connectivity index (χ1) is 19.9. The molecule has 0 saturated carbocycles. The molecule has 3 heteroatoms. The molecule has 0 spiro atoms. The lowest BCUT2D eigenvalue weighted by molar-refractivity contribution is 1.33. The van der Waals surface area contributed by atoms with Gasteiger partial charge in [-0.3, -0.25) is 15.0 Å². The van der Waals surface area contributed by atoms with Gasteiger partial charge in [0.1, 0.15) is 0 Å². The third-order valence-corrected chi connectivity index (χ3v) is 7.79. The maximum Gasteiger partial charge on any atom is 0.0786 e. The Balaban J connectivity index is 1.53. The molecule has 0 aliphatic heterocycles. The van der Waals surface area contributed by atoms with Gasteiger partial charge in [0.25, 0.3) is 0 Å². The van der Waals surface area contributed by atoms with E-state index >= 15 is 0 Å². The third-order valence-electron chi connectivity index (χ3n) is 7.79. The van der Waals surface area contributed by atoms with E-state index in [1.54, 1.807) is 0 Å². The number of rotatable bonds is 3. The van der Waals surface area contributed by atoms with Crippen molar-refractivity contribution in [3.05, 3.63) is 140 Å². The highest BCUT2D eigenvalue weighted by Gasteiger charge is 2.19. The first kappa shape index (κ1) is 22.6. The molecule has 0 aliphatic carbocycles. The van der Waals surface area contributed by atoms with Gasteiger partial charge in [0.2, 0.25) is 0 Å². The molecule has 0 N–H and O–H groups in total. The number of fused-ring (bicyclic) bond motifs is 5. The van der Waals surface area contributed by atoms with Crippen molar-refractivity contribution in [2.45, 2.75) is 0 Å². The fraction of sp³-hybridized carbons (Fsp3) is 0. The van der Waals surface area contributed by atoms with Crippen LogP contribution in [0.3, 0.4) is 0 Å². The van der Waals surface area contributed by atoms with Gasteiger partial charge in [-0.2, -0.15) is 0 Å². The third kappa shape index (κ3) is 3.49. The van der Waals surface area contributed by atoms with Gasteiger partial charge >= 0.3 is 0 Å². The van der Waals surface area contributed by atoms with Gasteiger partial charge < -0.3 is 0 Å². The Morgan fingerprint density at radius 1 is 0.375 bits per heavy atom. The molecular formula is C37H23N3. The summed E-state index contributed by atoms with van der Waals surface area (Å²) in [6.07, 6.45) is 5.61. The van der Waals surface area contributed by atoms with Crippen LogP contribution in [0.15, 0.2) is 140 Å². The number of benzene rings is 5. The summed E-state index contributed by atoms with van der Waals surface area (Å²) in [6.45, 7) is 0. The fourth-order valence-corrected chi connectivity index (χ4v) is 6.07. The number of hydrogen-bond donors (Lipinski definition) is 0. The zero-order valence-corrected chi connectivity index (χ0v) is 21.6. The Labute approximate surface area is 231 Å². The molecule has 0 atom stereocenters. The standard InChI is InChI=1S/C37H23N3/c1-2-11-26-24(10-1)22-31(30-14-9-21-40-37(26)30)25-17-18-29-32(23-25)36(34-16-6-8-20-39-34)28-13-4-3-12-27(28)35(29)33-15-5-7-19-38-33/h1-23H. The predicted molar refractivity (Wildman–Crippen MR) is 166 cm³/mol. The fourth-order valence-electron chi connectivity index (χ4n) is 6.07. The minimum Gasteiger partial charge on any atom is -0.256 e. The molecule has 186 valence electrons. The lowest BCUT2D eigenvalue weighted by Crippen LogP contribution is -1.94. The molecule has 3 aromatic heterocycles. The molecule has 5 aromatic carbocycles. The predicted octanol–water partition coefficient (Wildman–Crippen LogP) is 9.49. The van der Waals surface area contributed by atoms with Crippen molar-refractivity contribution in [1.29, 1.82) is 0 Å². The van der Waals surface area contributed by atoms with E-state index in [0.717, 1.165) is 55.1 Å². The number of pyridine rings is 3. The second kappa shape index (κ2) is 9.11. The normalized spacial score (nSPS) is 11.5. The summed E-state index contributed by atoms with van der Waals surface area (Å²) < 4.78 is 0. The van der Waals surface area contributed by atoms with E-state index in [1.807, 2.05) is 36.8 Å². The maximum absolute atomic E-state index is 4.82. The molecule has 3 heterocycles. The molecule has 0 unspecified atom stereocenters. The van der Waals surface area contributed by atoms with Crippen molar-refractivity contribution >= 4 is 43.2 Å². The van der Waals surface area contributed by atoms with Gasteiger partial charge in [0.05, 0.1) is 16.9 Å². The van der Waals surface area contributed by atoms with Crippen molar-refractivity contribution in [2.75, 3.05) is 0 Å². The van der Waals surface area contributed by atoms with Gasteiger partial charge in [0.15, 0.2) is 0 Å². The van der Waals surface area contributed by atoms with Crippen LogP contribution in [0.5, 0.6) is 0 Å². The molecule has 0 fully saturated rings. The van der Waals surface area contributed by atoms with Crippen LogP contribution >= 0.6 is 0 Å². The zero-order chi connectivity index (χ0) is 26.5. The van der Waals surface area contributed by atoms with Crippen LogP contribution < -0.4 is 0 Å². The summed E-state index contributed by atoms with van der Waals surface area (Å²) >= 11 is 0. The number of nitrogens with zero attached hydrogens (tertiary/aromatic N) is 3. The number of hydrogen-bond acceptors (Lipinski definition) is 3. The SMILES string of the molecule is c1ccc(-c2c3ccccc3c(-c3ccccn3)c3cc(-c4cc5ccccc5c5ncccc45)ccc23)nc1. The van der Waals surface area contributed by atoms with Gasteiger partial charge in [-0.25, -0.2) is 0 Å². The van der Waals surface area contributed by atoms with E-state index in [1.165, 1.54) is 21.7 Å². The van der Waals surface area contributed by atoms with Crippen molar-refractivity contribution in [3.8, 4) is 33.6 Å². The Bertz CT molecular complexity index is 2200. The summed E-state index contributed by atoms with van der Waals surface area (Å²) in [6, 6.07) is 42.6. The van der Waals surface area contributed by atoms with Crippen LogP contribution in [0.2, 0.25) is 0 Å². The molecule has 8 aromatic rings. The van der Waals surface area contributed by atoms with Gasteiger partial charge in [-0.05, 0) is 80.5 Å². The van der Waals surface area contributed by atoms with E-state index in [2.05, 4.69) is 103 Å². The highest BCUT2D eigenvalue weighted by molar-refractivity contribution is 6.22. The quantitative estimate of drug-likeness (QED) is 0.176. The zero-order valence-electron chi connectivity index (χ0n) is 21.6. The highest BCUT2D eigenvalue weighted by Crippen LogP contribution is 2.44. The van der Waals surface area contributed by atoms with Crippen molar-refractivity contribution in [3.63, 3.8) is 0 Å². The molecular weight excluding hydrogens is 486 g/mol. The second-order valence-electron chi connectivity index (χ2n) is 10.0. The van der Waals surface area contributed by atoms with Crippen LogP contribution in [-0.4, -0.2) is 15.0 Å². The summed E-state index contributed by atoms with van der Waals surface area (Å²) in [5, 5.41) is 8.14. The minimum absolute atomic E-state index is 0.957. The summed E-state index contributed by atoms with van der Waals surface area (Å²) in [5.74, 6) is 0. The molecule has 8 rings (SSSR count). The summed E-state index contributed by atoms with van der Waals surface area (Å²) in [5.41, 5.74) is 7.54. The lowest BCUT2D eigenvalue weighted by Gasteiger charge is -2.18. The van der Waals surface area contributed by atoms with Crippen LogP contribution in [0.1, 0.15) is 0 Å². The first-order valence-corrected chi connectivity index (χ1v) is 13.4. The Hall–Kier alpha value is -5.41. The maximum atomic E-state index is 4.82. The molecule has 0 amide bonds. The van der Waals surface area contributed by atoms with Crippen LogP contribution in [-0.2, 0) is 0 Å². The molecule has 40 heavy (non-hydrogen) atoms. The summed E-state index contributed by atoms with van der Waals surface area (Å²) in [7, 11) is 0. The largest absolute Gasteiger partial charge is 0.256 e. The number of aromatic nitrogens is 3. The minimum atomic E-state index is 0.957. The van der Waals surface area contributed by atoms with E-state index < -0.39 is 0 Å². The van der Waals surface area contributed by atoms with E-state index in [0.29, 0.717) is 0 Å². The summed E-state index contributed by atoms with van der Waals surface area (Å²) in [4.78, 5) is 14.4. The average Bonchev–Trinajstić information content (AvgIpc) is 3.03. The Morgan fingerprint density at radius 3 is 1.65 bits per heavy atom. The molecule has 0 bridgehead atoms. The molecule has 0 saturated heterocycles. The highest BCUT2D eigenvalue weighted by atomic mass is 14.7. The van der Waals surface area contributed by atoms with Crippen molar-refractivity contribution in [1.82, 2.24) is 15.0 Å². The van der Waals surface area contributed by atoms with Gasteiger partial charge in [0, 0.05) is 40.5 Å². The van der Waals surface area contributed by atoms with Gasteiger partial charge in [-0.15, -0.1) is 0 Å². The monoisotopic (exact) mass is 509 g/mol. The van der Waals surface area contributed by atoms with E-state index in [4.69, 9.17) is 15.0 Å². The van der Waals surface area contributed by atoms with Crippen LogP contribution in [0.25, 0.3) is 76.9 Å².